The highest BCUT2D eigenvalue weighted by atomic mass is 16.5. The van der Waals surface area contributed by atoms with Crippen LogP contribution in [-0.2, 0) is 14.3 Å². The van der Waals surface area contributed by atoms with Gasteiger partial charge in [0.2, 0.25) is 0 Å². The molecule has 0 aromatic rings. The summed E-state index contributed by atoms with van der Waals surface area (Å²) in [4.78, 5) is 22.2. The molecule has 0 saturated carbocycles. The Balaban J connectivity index is 2.59. The van der Waals surface area contributed by atoms with E-state index in [1.807, 2.05) is 12.2 Å². The van der Waals surface area contributed by atoms with Crippen LogP contribution in [0.1, 0.15) is 26.7 Å². The first kappa shape index (κ1) is 11.7. The Morgan fingerprint density at radius 3 is 2.93 bits per heavy atom. The zero-order valence-electron chi connectivity index (χ0n) is 9.10. The lowest BCUT2D eigenvalue weighted by atomic mass is 10.0. The normalized spacial score (nSPS) is 25.1. The van der Waals surface area contributed by atoms with Gasteiger partial charge in [0.15, 0.2) is 5.78 Å². The Hall–Kier alpha value is -1.38. The molecule has 1 aliphatic rings. The lowest BCUT2D eigenvalue weighted by molar-refractivity contribution is -0.145. The summed E-state index contributed by atoms with van der Waals surface area (Å²) in [6, 6.07) is 0. The van der Waals surface area contributed by atoms with Gasteiger partial charge in [-0.15, -0.1) is 0 Å². The van der Waals surface area contributed by atoms with E-state index in [9.17, 15) is 9.59 Å². The first-order chi connectivity index (χ1) is 7.15. The number of allylic oxidation sites excluding steroid dienone is 2. The highest BCUT2D eigenvalue weighted by Crippen LogP contribution is 2.20. The SMILES string of the molecule is CCCC=CC1C(=O)C=CC1OC(C)=O. The maximum absolute atomic E-state index is 11.4. The van der Waals surface area contributed by atoms with Gasteiger partial charge in [0.25, 0.3) is 0 Å². The molecule has 2 atom stereocenters. The molecule has 15 heavy (non-hydrogen) atoms. The third-order valence-corrected chi connectivity index (χ3v) is 2.23. The van der Waals surface area contributed by atoms with Gasteiger partial charge in [0, 0.05) is 6.92 Å². The number of carbonyl (C=O) groups is 2. The molecule has 0 aromatic carbocycles. The van der Waals surface area contributed by atoms with E-state index >= 15 is 0 Å². The molecule has 3 nitrogen and oxygen atoms in total. The van der Waals surface area contributed by atoms with E-state index in [4.69, 9.17) is 4.74 Å². The molecule has 1 rings (SSSR count). The second-order valence-electron chi connectivity index (χ2n) is 3.58. The van der Waals surface area contributed by atoms with Crippen molar-refractivity contribution in [1.29, 1.82) is 0 Å². The highest BCUT2D eigenvalue weighted by molar-refractivity contribution is 5.96. The van der Waals surface area contributed by atoms with Crippen molar-refractivity contribution in [3.63, 3.8) is 0 Å². The molecule has 1 aliphatic carbocycles. The van der Waals surface area contributed by atoms with Gasteiger partial charge < -0.3 is 4.74 Å². The van der Waals surface area contributed by atoms with Crippen molar-refractivity contribution in [3.8, 4) is 0 Å². The van der Waals surface area contributed by atoms with Crippen molar-refractivity contribution in [2.45, 2.75) is 32.8 Å². The summed E-state index contributed by atoms with van der Waals surface area (Å²) in [6.07, 6.45) is 8.49. The third kappa shape index (κ3) is 3.35. The fourth-order valence-corrected chi connectivity index (χ4v) is 1.50. The van der Waals surface area contributed by atoms with Crippen LogP contribution in [0.25, 0.3) is 0 Å². The molecular weight excluding hydrogens is 192 g/mol. The smallest absolute Gasteiger partial charge is 0.303 e. The molecule has 0 amide bonds. The topological polar surface area (TPSA) is 43.4 Å². The van der Waals surface area contributed by atoms with E-state index in [2.05, 4.69) is 6.92 Å². The molecule has 0 bridgehead atoms. The molecule has 0 fully saturated rings. The van der Waals surface area contributed by atoms with Crippen LogP contribution in [0.4, 0.5) is 0 Å². The predicted molar refractivity (Wildman–Crippen MR) is 57.2 cm³/mol. The Morgan fingerprint density at radius 2 is 2.33 bits per heavy atom. The van der Waals surface area contributed by atoms with E-state index in [0.29, 0.717) is 0 Å². The van der Waals surface area contributed by atoms with Crippen LogP contribution >= 0.6 is 0 Å². The molecule has 0 aromatic heterocycles. The standard InChI is InChI=1S/C12H16O3/c1-3-4-5-6-10-11(14)7-8-12(10)15-9(2)13/h5-8,10,12H,3-4H2,1-2H3. The van der Waals surface area contributed by atoms with Gasteiger partial charge in [0.05, 0.1) is 5.92 Å². The molecule has 0 N–H and O–H groups in total. The average molecular weight is 208 g/mol. The largest absolute Gasteiger partial charge is 0.457 e. The summed E-state index contributed by atoms with van der Waals surface area (Å²) >= 11 is 0. The van der Waals surface area contributed by atoms with Crippen LogP contribution in [-0.4, -0.2) is 17.9 Å². The van der Waals surface area contributed by atoms with E-state index in [0.717, 1.165) is 12.8 Å². The average Bonchev–Trinajstić information content (AvgIpc) is 2.49. The lowest BCUT2D eigenvalue weighted by Gasteiger charge is -2.14. The van der Waals surface area contributed by atoms with E-state index in [1.165, 1.54) is 13.0 Å². The zero-order valence-corrected chi connectivity index (χ0v) is 9.10. The van der Waals surface area contributed by atoms with E-state index < -0.39 is 6.10 Å². The van der Waals surface area contributed by atoms with Crippen LogP contribution in [0.15, 0.2) is 24.3 Å². The van der Waals surface area contributed by atoms with Crippen molar-refractivity contribution in [3.05, 3.63) is 24.3 Å². The Morgan fingerprint density at radius 1 is 1.60 bits per heavy atom. The minimum Gasteiger partial charge on any atom is -0.457 e. The molecule has 2 unspecified atom stereocenters. The molecular formula is C12H16O3. The minimum atomic E-state index is -0.414. The maximum atomic E-state index is 11.4. The van der Waals surface area contributed by atoms with Crippen LogP contribution in [0, 0.1) is 5.92 Å². The van der Waals surface area contributed by atoms with Crippen molar-refractivity contribution >= 4 is 11.8 Å². The van der Waals surface area contributed by atoms with Gasteiger partial charge in [-0.05, 0) is 18.6 Å². The van der Waals surface area contributed by atoms with Crippen molar-refractivity contribution < 1.29 is 14.3 Å². The fourth-order valence-electron chi connectivity index (χ4n) is 1.50. The summed E-state index contributed by atoms with van der Waals surface area (Å²) in [6.45, 7) is 3.42. The third-order valence-electron chi connectivity index (χ3n) is 2.23. The van der Waals surface area contributed by atoms with Gasteiger partial charge in [0.1, 0.15) is 6.10 Å². The fraction of sp³-hybridized carbons (Fsp3) is 0.500. The van der Waals surface area contributed by atoms with Gasteiger partial charge in [-0.25, -0.2) is 0 Å². The zero-order chi connectivity index (χ0) is 11.3. The van der Waals surface area contributed by atoms with Crippen LogP contribution < -0.4 is 0 Å². The number of carbonyl (C=O) groups excluding carboxylic acids is 2. The summed E-state index contributed by atoms with van der Waals surface area (Å²) in [7, 11) is 0. The molecule has 82 valence electrons. The molecule has 0 radical (unpaired) electrons. The predicted octanol–water partition coefficient (Wildman–Crippen LogP) is 2.03. The molecule has 0 heterocycles. The second kappa shape index (κ2) is 5.49. The Bertz CT molecular complexity index is 302. The number of ketones is 1. The number of rotatable bonds is 4. The van der Waals surface area contributed by atoms with Crippen LogP contribution in [0.2, 0.25) is 0 Å². The quantitative estimate of drug-likeness (QED) is 0.524. The van der Waals surface area contributed by atoms with Crippen molar-refractivity contribution in [1.82, 2.24) is 0 Å². The Kier molecular flexibility index (Phi) is 4.28. The van der Waals surface area contributed by atoms with E-state index in [1.54, 1.807) is 6.08 Å². The Labute approximate surface area is 89.8 Å². The number of hydrogen-bond acceptors (Lipinski definition) is 3. The monoisotopic (exact) mass is 208 g/mol. The van der Waals surface area contributed by atoms with Crippen molar-refractivity contribution in [2.75, 3.05) is 0 Å². The molecule has 3 heteroatoms. The second-order valence-corrected chi connectivity index (χ2v) is 3.58. The highest BCUT2D eigenvalue weighted by Gasteiger charge is 2.29. The molecule has 0 aliphatic heterocycles. The summed E-state index contributed by atoms with van der Waals surface area (Å²) < 4.78 is 5.03. The summed E-state index contributed by atoms with van der Waals surface area (Å²) in [5.74, 6) is -0.665. The summed E-state index contributed by atoms with van der Waals surface area (Å²) in [5.41, 5.74) is 0. The van der Waals surface area contributed by atoms with Crippen LogP contribution in [0.5, 0.6) is 0 Å². The van der Waals surface area contributed by atoms with Crippen molar-refractivity contribution in [2.24, 2.45) is 5.92 Å². The number of unbranched alkanes of at least 4 members (excludes halogenated alkanes) is 1. The van der Waals surface area contributed by atoms with Gasteiger partial charge >= 0.3 is 5.97 Å². The first-order valence-corrected chi connectivity index (χ1v) is 5.21. The maximum Gasteiger partial charge on any atom is 0.303 e. The first-order valence-electron chi connectivity index (χ1n) is 5.21. The number of hydrogen-bond donors (Lipinski definition) is 0. The lowest BCUT2D eigenvalue weighted by Crippen LogP contribution is -2.23. The minimum absolute atomic E-state index is 0.00797. The van der Waals surface area contributed by atoms with Gasteiger partial charge in [-0.2, -0.15) is 0 Å². The van der Waals surface area contributed by atoms with Crippen LogP contribution in [0.3, 0.4) is 0 Å². The molecule has 0 saturated heterocycles. The van der Waals surface area contributed by atoms with Gasteiger partial charge in [-0.1, -0.05) is 25.5 Å². The number of ether oxygens (including phenoxy) is 1. The summed E-state index contributed by atoms with van der Waals surface area (Å²) in [5, 5.41) is 0. The van der Waals surface area contributed by atoms with Gasteiger partial charge in [-0.3, -0.25) is 9.59 Å². The number of esters is 1. The van der Waals surface area contributed by atoms with E-state index in [-0.39, 0.29) is 17.7 Å². The molecule has 0 spiro atoms.